The van der Waals surface area contributed by atoms with Gasteiger partial charge in [-0.2, -0.15) is 0 Å². The van der Waals surface area contributed by atoms with Crippen LogP contribution in [0.2, 0.25) is 0 Å². The minimum absolute atomic E-state index is 0.0222. The van der Waals surface area contributed by atoms with Gasteiger partial charge < -0.3 is 25.9 Å². The molecule has 5 N–H and O–H groups in total. The Balaban J connectivity index is 1.64. The number of anilines is 1. The van der Waals surface area contributed by atoms with Gasteiger partial charge in [0.05, 0.1) is 11.4 Å². The highest BCUT2D eigenvalue weighted by Gasteiger charge is 2.36. The molecular formula is C20H23N7O4. The average Bonchev–Trinajstić information content (AvgIpc) is 3.47. The Morgan fingerprint density at radius 2 is 2.13 bits per heavy atom. The smallest absolute Gasteiger partial charge is 0.331 e. The molecule has 1 aliphatic carbocycles. The zero-order chi connectivity index (χ0) is 22.1. The van der Waals surface area contributed by atoms with E-state index in [1.54, 1.807) is 0 Å². The number of pyridine rings is 1. The Bertz CT molecular complexity index is 1120. The summed E-state index contributed by atoms with van der Waals surface area (Å²) in [5, 5.41) is 2.30. The van der Waals surface area contributed by atoms with Crippen molar-refractivity contribution in [1.29, 1.82) is 0 Å². The van der Waals surface area contributed by atoms with Crippen molar-refractivity contribution >= 4 is 29.7 Å². The van der Waals surface area contributed by atoms with Crippen molar-refractivity contribution in [3.05, 3.63) is 53.6 Å². The molecule has 11 nitrogen and oxygen atoms in total. The Morgan fingerprint density at radius 3 is 2.74 bits per heavy atom. The predicted octanol–water partition coefficient (Wildman–Crippen LogP) is 0.473. The Hall–Kier alpha value is -4.02. The number of hydrogen-bond donors (Lipinski definition) is 3. The molecule has 0 spiro atoms. The topological polar surface area (TPSA) is 148 Å². The van der Waals surface area contributed by atoms with Crippen LogP contribution in [0.1, 0.15) is 30.0 Å². The van der Waals surface area contributed by atoms with Gasteiger partial charge in [0.2, 0.25) is 12.3 Å². The average molecular weight is 425 g/mol. The molecule has 0 bridgehead atoms. The fourth-order valence-corrected chi connectivity index (χ4v) is 3.40. The molecular weight excluding hydrogens is 402 g/mol. The lowest BCUT2D eigenvalue weighted by atomic mass is 10.1. The number of imide groups is 1. The maximum Gasteiger partial charge on any atom is 0.331 e. The number of likely N-dealkylation sites (N-methyl/N-ethyl adjacent to an activating group) is 1. The fourth-order valence-electron chi connectivity index (χ4n) is 3.40. The number of nitrogens with two attached hydrogens (primary N) is 2. The molecule has 4 rings (SSSR count). The molecule has 2 aromatic heterocycles. The first-order chi connectivity index (χ1) is 14.9. The van der Waals surface area contributed by atoms with Crippen LogP contribution in [-0.4, -0.2) is 46.2 Å². The molecule has 4 amide bonds. The number of fused-ring (bicyclic) bond motifs is 1. The van der Waals surface area contributed by atoms with Gasteiger partial charge in [-0.05, 0) is 30.4 Å². The molecule has 2 aliphatic rings. The van der Waals surface area contributed by atoms with E-state index in [2.05, 4.69) is 10.3 Å². The van der Waals surface area contributed by atoms with E-state index in [0.29, 0.717) is 29.4 Å². The van der Waals surface area contributed by atoms with Gasteiger partial charge in [-0.25, -0.2) is 9.78 Å². The number of hydrogen-bond acceptors (Lipinski definition) is 7. The zero-order valence-electron chi connectivity index (χ0n) is 16.9. The van der Waals surface area contributed by atoms with Crippen molar-refractivity contribution in [1.82, 2.24) is 19.6 Å². The standard InChI is InChI=1S/C20H23N7O4/c1-25-18(29)9-27(20(25)30)16-4-13(12-2-3-12)7-26-8-14(24-19(16)26)10-31-15(6-21)5-17(22)23-11-28/h4-8,11-12H,2-3,9-10,21-22H2,1H3,(H,23,28)/b15-6+,17-5+. The number of carbonyl (C=O) groups is 3. The lowest BCUT2D eigenvalue weighted by molar-refractivity contribution is -0.123. The molecule has 0 atom stereocenters. The number of carbonyl (C=O) groups excluding carboxylic acids is 3. The summed E-state index contributed by atoms with van der Waals surface area (Å²) < 4.78 is 7.49. The van der Waals surface area contributed by atoms with Crippen LogP contribution in [0.5, 0.6) is 0 Å². The number of ether oxygens (including phenoxy) is 1. The van der Waals surface area contributed by atoms with Gasteiger partial charge >= 0.3 is 6.03 Å². The summed E-state index contributed by atoms with van der Waals surface area (Å²) >= 11 is 0. The lowest BCUT2D eigenvalue weighted by Crippen LogP contribution is -2.30. The van der Waals surface area contributed by atoms with Crippen molar-refractivity contribution in [2.75, 3.05) is 18.5 Å². The van der Waals surface area contributed by atoms with E-state index >= 15 is 0 Å². The van der Waals surface area contributed by atoms with Crippen LogP contribution in [0.3, 0.4) is 0 Å². The monoisotopic (exact) mass is 425 g/mol. The number of rotatable bonds is 8. The number of imidazole rings is 1. The molecule has 1 aliphatic heterocycles. The van der Waals surface area contributed by atoms with Gasteiger partial charge in [0.15, 0.2) is 5.65 Å². The summed E-state index contributed by atoms with van der Waals surface area (Å²) in [5.41, 5.74) is 14.0. The van der Waals surface area contributed by atoms with Crippen LogP contribution < -0.4 is 21.7 Å². The van der Waals surface area contributed by atoms with Crippen molar-refractivity contribution < 1.29 is 19.1 Å². The molecule has 162 valence electrons. The van der Waals surface area contributed by atoms with Gasteiger partial charge in [0.25, 0.3) is 0 Å². The summed E-state index contributed by atoms with van der Waals surface area (Å²) in [5.74, 6) is 0.520. The Kier molecular flexibility index (Phi) is 5.24. The fraction of sp³-hybridized carbons (Fsp3) is 0.300. The summed E-state index contributed by atoms with van der Waals surface area (Å²) in [4.78, 5) is 42.2. The number of urea groups is 1. The number of nitrogens with one attached hydrogen (secondary N) is 1. The number of nitrogens with zero attached hydrogens (tertiary/aromatic N) is 4. The second-order valence-corrected chi connectivity index (χ2v) is 7.44. The molecule has 1 saturated carbocycles. The molecule has 0 unspecified atom stereocenters. The minimum Gasteiger partial charge on any atom is -0.486 e. The van der Waals surface area contributed by atoms with Gasteiger partial charge in [-0.15, -0.1) is 0 Å². The maximum atomic E-state index is 12.6. The number of amides is 4. The van der Waals surface area contributed by atoms with E-state index in [1.807, 2.05) is 22.9 Å². The van der Waals surface area contributed by atoms with Crippen LogP contribution in [-0.2, 0) is 20.9 Å². The molecule has 2 aromatic rings. The van der Waals surface area contributed by atoms with Gasteiger partial charge in [-0.1, -0.05) is 0 Å². The normalized spacial score (nSPS) is 17.6. The van der Waals surface area contributed by atoms with E-state index in [0.717, 1.165) is 23.3 Å². The first-order valence-corrected chi connectivity index (χ1v) is 9.73. The summed E-state index contributed by atoms with van der Waals surface area (Å²) in [6.07, 6.45) is 9.03. The third kappa shape index (κ3) is 4.02. The molecule has 3 heterocycles. The second kappa shape index (κ2) is 8.01. The highest BCUT2D eigenvalue weighted by molar-refractivity contribution is 6.13. The second-order valence-electron chi connectivity index (χ2n) is 7.44. The highest BCUT2D eigenvalue weighted by Crippen LogP contribution is 2.42. The van der Waals surface area contributed by atoms with E-state index in [1.165, 1.54) is 24.2 Å². The third-order valence-corrected chi connectivity index (χ3v) is 5.20. The van der Waals surface area contributed by atoms with Gasteiger partial charge in [0, 0.05) is 31.7 Å². The summed E-state index contributed by atoms with van der Waals surface area (Å²) in [6.45, 7) is 0.0617. The zero-order valence-corrected chi connectivity index (χ0v) is 16.9. The molecule has 31 heavy (non-hydrogen) atoms. The first-order valence-electron chi connectivity index (χ1n) is 9.73. The summed E-state index contributed by atoms with van der Waals surface area (Å²) in [7, 11) is 1.47. The van der Waals surface area contributed by atoms with Crippen LogP contribution in [0.25, 0.3) is 5.65 Å². The molecule has 1 saturated heterocycles. The quantitative estimate of drug-likeness (QED) is 0.241. The third-order valence-electron chi connectivity index (χ3n) is 5.20. The summed E-state index contributed by atoms with van der Waals surface area (Å²) in [6, 6.07) is 1.56. The number of allylic oxidation sites excluding steroid dienone is 1. The molecule has 2 fully saturated rings. The van der Waals surface area contributed by atoms with Crippen LogP contribution in [0.4, 0.5) is 10.5 Å². The van der Waals surface area contributed by atoms with E-state index in [4.69, 9.17) is 16.2 Å². The van der Waals surface area contributed by atoms with Gasteiger partial charge in [0.1, 0.15) is 24.7 Å². The number of aromatic nitrogens is 2. The molecule has 0 aromatic carbocycles. The predicted molar refractivity (Wildman–Crippen MR) is 111 cm³/mol. The molecule has 11 heteroatoms. The largest absolute Gasteiger partial charge is 0.486 e. The first kappa shape index (κ1) is 20.3. The van der Waals surface area contributed by atoms with E-state index in [9.17, 15) is 14.4 Å². The van der Waals surface area contributed by atoms with Crippen molar-refractivity contribution in [3.63, 3.8) is 0 Å². The highest BCUT2D eigenvalue weighted by atomic mass is 16.5. The van der Waals surface area contributed by atoms with Crippen LogP contribution >= 0.6 is 0 Å². The van der Waals surface area contributed by atoms with Crippen molar-refractivity contribution in [2.24, 2.45) is 11.5 Å². The lowest BCUT2D eigenvalue weighted by Gasteiger charge is -2.17. The van der Waals surface area contributed by atoms with E-state index in [-0.39, 0.29) is 36.7 Å². The molecule has 0 radical (unpaired) electrons. The van der Waals surface area contributed by atoms with E-state index < -0.39 is 0 Å². The Labute approximate surface area is 177 Å². The van der Waals surface area contributed by atoms with Crippen LogP contribution in [0.15, 0.2) is 42.3 Å². The minimum atomic E-state index is -0.378. The maximum absolute atomic E-state index is 12.6. The van der Waals surface area contributed by atoms with Crippen molar-refractivity contribution in [3.8, 4) is 0 Å². The SMILES string of the molecule is CN1C(=O)CN(c2cc(C3CC3)cn3cc(COC(/C=C(\N)NC=O)=C/N)nc23)C1=O. The van der Waals surface area contributed by atoms with Gasteiger partial charge in [-0.3, -0.25) is 19.4 Å². The Morgan fingerprint density at radius 1 is 1.35 bits per heavy atom. The van der Waals surface area contributed by atoms with Crippen molar-refractivity contribution in [2.45, 2.75) is 25.4 Å². The van der Waals surface area contributed by atoms with Crippen LogP contribution in [0, 0.1) is 0 Å².